The van der Waals surface area contributed by atoms with Crippen LogP contribution < -0.4 is 5.32 Å². The Bertz CT molecular complexity index is 732. The summed E-state index contributed by atoms with van der Waals surface area (Å²) in [5, 5.41) is 11.2. The molecule has 0 unspecified atom stereocenters. The number of benzene rings is 1. The molecule has 0 aliphatic rings. The summed E-state index contributed by atoms with van der Waals surface area (Å²) >= 11 is 0. The van der Waals surface area contributed by atoms with Crippen LogP contribution in [-0.2, 0) is 0 Å². The van der Waals surface area contributed by atoms with Crippen LogP contribution in [0.4, 0.5) is 14.5 Å². The van der Waals surface area contributed by atoms with E-state index >= 15 is 0 Å². The first kappa shape index (κ1) is 14.6. The molecule has 1 amide bonds. The van der Waals surface area contributed by atoms with E-state index in [1.807, 2.05) is 0 Å². The van der Waals surface area contributed by atoms with E-state index in [2.05, 4.69) is 10.3 Å². The summed E-state index contributed by atoms with van der Waals surface area (Å²) in [5.74, 6) is -4.75. The fourth-order valence-electron chi connectivity index (χ4n) is 1.73. The summed E-state index contributed by atoms with van der Waals surface area (Å²) in [5.41, 5.74) is -0.250. The van der Waals surface area contributed by atoms with Crippen LogP contribution in [0.3, 0.4) is 0 Å². The van der Waals surface area contributed by atoms with Crippen LogP contribution in [0, 0.1) is 18.6 Å². The number of carboxylic acid groups (broad SMARTS) is 1. The number of carbonyl (C=O) groups excluding carboxylic acids is 1. The Balaban J connectivity index is 2.40. The zero-order chi connectivity index (χ0) is 15.6. The smallest absolute Gasteiger partial charge is 0.337 e. The average molecular weight is 292 g/mol. The minimum Gasteiger partial charge on any atom is -0.478 e. The third kappa shape index (κ3) is 3.02. The zero-order valence-corrected chi connectivity index (χ0v) is 10.9. The molecule has 7 heteroatoms. The molecular weight excluding hydrogens is 282 g/mol. The third-order valence-corrected chi connectivity index (χ3v) is 2.76. The predicted octanol–water partition coefficient (Wildman–Crippen LogP) is 2.62. The predicted molar refractivity (Wildman–Crippen MR) is 70.2 cm³/mol. The maximum atomic E-state index is 13.2. The fourth-order valence-corrected chi connectivity index (χ4v) is 1.73. The quantitative estimate of drug-likeness (QED) is 0.911. The van der Waals surface area contributed by atoms with Crippen LogP contribution in [-0.4, -0.2) is 22.0 Å². The summed E-state index contributed by atoms with van der Waals surface area (Å²) < 4.78 is 26.3. The topological polar surface area (TPSA) is 79.3 Å². The van der Waals surface area contributed by atoms with Crippen molar-refractivity contribution in [3.63, 3.8) is 0 Å². The maximum absolute atomic E-state index is 13.2. The number of carboxylic acids is 1. The van der Waals surface area contributed by atoms with Gasteiger partial charge in [-0.15, -0.1) is 0 Å². The van der Waals surface area contributed by atoms with Gasteiger partial charge in [0.05, 0.1) is 11.3 Å². The van der Waals surface area contributed by atoms with Crippen molar-refractivity contribution in [1.29, 1.82) is 0 Å². The van der Waals surface area contributed by atoms with Gasteiger partial charge in [-0.05, 0) is 24.6 Å². The van der Waals surface area contributed by atoms with Crippen molar-refractivity contribution in [2.45, 2.75) is 6.92 Å². The number of halogens is 2. The summed E-state index contributed by atoms with van der Waals surface area (Å²) in [4.78, 5) is 26.9. The van der Waals surface area contributed by atoms with Gasteiger partial charge in [-0.25, -0.2) is 13.6 Å². The van der Waals surface area contributed by atoms with E-state index in [0.29, 0.717) is 17.7 Å². The Labute approximate surface area is 118 Å². The second kappa shape index (κ2) is 5.66. The molecule has 0 fully saturated rings. The molecule has 0 saturated carbocycles. The number of carbonyl (C=O) groups is 2. The molecule has 0 radical (unpaired) electrons. The van der Waals surface area contributed by atoms with Gasteiger partial charge in [0.1, 0.15) is 5.69 Å². The molecular formula is C14H10F2N2O3. The van der Waals surface area contributed by atoms with Gasteiger partial charge in [0.2, 0.25) is 0 Å². The van der Waals surface area contributed by atoms with E-state index < -0.39 is 29.1 Å². The van der Waals surface area contributed by atoms with Crippen molar-refractivity contribution in [1.82, 2.24) is 4.98 Å². The molecule has 0 bridgehead atoms. The van der Waals surface area contributed by atoms with Gasteiger partial charge in [0.15, 0.2) is 11.6 Å². The summed E-state index contributed by atoms with van der Waals surface area (Å²) in [6, 6.07) is 4.41. The van der Waals surface area contributed by atoms with Crippen LogP contribution in [0.1, 0.15) is 26.4 Å². The maximum Gasteiger partial charge on any atom is 0.337 e. The first-order chi connectivity index (χ1) is 9.90. The van der Waals surface area contributed by atoms with Crippen molar-refractivity contribution in [3.8, 4) is 0 Å². The minimum absolute atomic E-state index is 0.0681. The Hall–Kier alpha value is -2.83. The largest absolute Gasteiger partial charge is 0.478 e. The first-order valence-corrected chi connectivity index (χ1v) is 5.85. The standard InChI is InChI=1S/C14H10F2N2O3/c1-7-3-2-4-17-12(7)13(19)18-11-6-10(16)9(15)5-8(11)14(20)21/h2-6H,1H3,(H,18,19)(H,20,21). The SMILES string of the molecule is Cc1cccnc1C(=O)Nc1cc(F)c(F)cc1C(=O)O. The Morgan fingerprint density at radius 3 is 2.52 bits per heavy atom. The Morgan fingerprint density at radius 2 is 1.90 bits per heavy atom. The van der Waals surface area contributed by atoms with Crippen LogP contribution >= 0.6 is 0 Å². The van der Waals surface area contributed by atoms with Crippen LogP contribution in [0.15, 0.2) is 30.5 Å². The first-order valence-electron chi connectivity index (χ1n) is 5.85. The Morgan fingerprint density at radius 1 is 1.24 bits per heavy atom. The zero-order valence-electron chi connectivity index (χ0n) is 10.9. The number of amides is 1. The van der Waals surface area contributed by atoms with E-state index in [4.69, 9.17) is 5.11 Å². The lowest BCUT2D eigenvalue weighted by Crippen LogP contribution is -2.17. The van der Waals surface area contributed by atoms with E-state index in [-0.39, 0.29) is 11.4 Å². The lowest BCUT2D eigenvalue weighted by Gasteiger charge is -2.10. The van der Waals surface area contributed by atoms with Crippen LogP contribution in [0.5, 0.6) is 0 Å². The molecule has 1 aromatic heterocycles. The molecule has 2 rings (SSSR count). The summed E-state index contributed by atoms with van der Waals surface area (Å²) in [6.45, 7) is 1.64. The number of pyridine rings is 1. The van der Waals surface area contributed by atoms with E-state index in [9.17, 15) is 18.4 Å². The number of anilines is 1. The molecule has 1 heterocycles. The molecule has 0 saturated heterocycles. The molecule has 0 atom stereocenters. The average Bonchev–Trinajstić information content (AvgIpc) is 2.42. The summed E-state index contributed by atoms with van der Waals surface area (Å²) in [6.07, 6.45) is 1.39. The number of nitrogens with zero attached hydrogens (tertiary/aromatic N) is 1. The highest BCUT2D eigenvalue weighted by Gasteiger charge is 2.18. The second-order valence-electron chi connectivity index (χ2n) is 4.24. The van der Waals surface area contributed by atoms with Gasteiger partial charge in [-0.1, -0.05) is 6.07 Å². The number of aryl methyl sites for hydroxylation is 1. The highest BCUT2D eigenvalue weighted by molar-refractivity contribution is 6.07. The molecule has 2 N–H and O–H groups in total. The van der Waals surface area contributed by atoms with Crippen LogP contribution in [0.25, 0.3) is 0 Å². The van der Waals surface area contributed by atoms with Crippen molar-refractivity contribution in [2.75, 3.05) is 5.32 Å². The second-order valence-corrected chi connectivity index (χ2v) is 4.24. The van der Waals surface area contributed by atoms with Gasteiger partial charge >= 0.3 is 5.97 Å². The number of rotatable bonds is 3. The molecule has 0 aliphatic heterocycles. The van der Waals surface area contributed by atoms with E-state index in [0.717, 1.165) is 0 Å². The molecule has 108 valence electrons. The molecule has 0 aliphatic carbocycles. The molecule has 2 aromatic rings. The van der Waals surface area contributed by atoms with E-state index in [1.165, 1.54) is 6.20 Å². The number of aromatic nitrogens is 1. The van der Waals surface area contributed by atoms with Crippen molar-refractivity contribution in [2.24, 2.45) is 0 Å². The monoisotopic (exact) mass is 292 g/mol. The normalized spacial score (nSPS) is 10.2. The van der Waals surface area contributed by atoms with Crippen molar-refractivity contribution in [3.05, 3.63) is 58.9 Å². The van der Waals surface area contributed by atoms with Crippen molar-refractivity contribution < 1.29 is 23.5 Å². The van der Waals surface area contributed by atoms with Gasteiger partial charge in [-0.2, -0.15) is 0 Å². The number of hydrogen-bond donors (Lipinski definition) is 2. The molecule has 1 aromatic carbocycles. The molecule has 5 nitrogen and oxygen atoms in total. The molecule has 21 heavy (non-hydrogen) atoms. The third-order valence-electron chi connectivity index (χ3n) is 2.76. The Kier molecular flexibility index (Phi) is 3.93. The van der Waals surface area contributed by atoms with Gasteiger partial charge in [-0.3, -0.25) is 9.78 Å². The highest BCUT2D eigenvalue weighted by atomic mass is 19.2. The number of nitrogens with one attached hydrogen (secondary N) is 1. The lowest BCUT2D eigenvalue weighted by molar-refractivity contribution is 0.0697. The van der Waals surface area contributed by atoms with Crippen LogP contribution in [0.2, 0.25) is 0 Å². The fraction of sp³-hybridized carbons (Fsp3) is 0.0714. The van der Waals surface area contributed by atoms with E-state index in [1.54, 1.807) is 19.1 Å². The number of hydrogen-bond acceptors (Lipinski definition) is 3. The highest BCUT2D eigenvalue weighted by Crippen LogP contribution is 2.21. The van der Waals surface area contributed by atoms with Gasteiger partial charge < -0.3 is 10.4 Å². The number of aromatic carboxylic acids is 1. The summed E-state index contributed by atoms with van der Waals surface area (Å²) in [7, 11) is 0. The van der Waals surface area contributed by atoms with Crippen molar-refractivity contribution >= 4 is 17.6 Å². The minimum atomic E-state index is -1.48. The van der Waals surface area contributed by atoms with Gasteiger partial charge in [0, 0.05) is 12.3 Å². The lowest BCUT2D eigenvalue weighted by atomic mass is 10.1. The van der Waals surface area contributed by atoms with Gasteiger partial charge in [0.25, 0.3) is 5.91 Å². The molecule has 0 spiro atoms.